The Morgan fingerprint density at radius 2 is 1.86 bits per heavy atom. The number of amides is 1. The quantitative estimate of drug-likeness (QED) is 0.277. The van der Waals surface area contributed by atoms with E-state index < -0.39 is 11.5 Å². The number of nitrogens with two attached hydrogens (primary N) is 1. The van der Waals surface area contributed by atoms with Crippen molar-refractivity contribution in [3.63, 3.8) is 0 Å². The third-order valence-electron chi connectivity index (χ3n) is 7.90. The number of anilines is 1. The molecule has 1 aliphatic rings. The summed E-state index contributed by atoms with van der Waals surface area (Å²) in [6.45, 7) is 15.9. The van der Waals surface area contributed by atoms with Gasteiger partial charge in [-0.25, -0.2) is 18.7 Å². The second kappa shape index (κ2) is 12.8. The van der Waals surface area contributed by atoms with Crippen molar-refractivity contribution >= 4 is 45.8 Å². The van der Waals surface area contributed by atoms with Crippen LogP contribution in [0.15, 0.2) is 52.4 Å². The van der Waals surface area contributed by atoms with Gasteiger partial charge in [0.25, 0.3) is 0 Å². The summed E-state index contributed by atoms with van der Waals surface area (Å²) in [5, 5.41) is 11.1. The predicted molar refractivity (Wildman–Crippen MR) is 174 cm³/mol. The number of halogens is 2. The summed E-state index contributed by atoms with van der Waals surface area (Å²) in [4.78, 5) is 44.2. The van der Waals surface area contributed by atoms with Crippen LogP contribution in [0.4, 0.5) is 10.2 Å². The lowest BCUT2D eigenvalue weighted by Crippen LogP contribution is -2.58. The summed E-state index contributed by atoms with van der Waals surface area (Å²) < 4.78 is 16.4. The van der Waals surface area contributed by atoms with Gasteiger partial charge in [0.1, 0.15) is 17.4 Å². The lowest BCUT2D eigenvalue weighted by atomic mass is 9.98. The normalized spacial score (nSPS) is 18.3. The Balaban J connectivity index is 2.14. The number of pyridine rings is 1. The third-order valence-corrected chi connectivity index (χ3v) is 8.18. The van der Waals surface area contributed by atoms with Crippen LogP contribution in [0.2, 0.25) is 5.02 Å². The van der Waals surface area contributed by atoms with E-state index in [9.17, 15) is 14.7 Å². The highest BCUT2D eigenvalue weighted by Crippen LogP contribution is 2.39. The van der Waals surface area contributed by atoms with Crippen LogP contribution in [0.3, 0.4) is 0 Å². The molecule has 2 atom stereocenters. The van der Waals surface area contributed by atoms with Crippen molar-refractivity contribution in [1.29, 1.82) is 0 Å². The first kappa shape index (κ1) is 32.7. The van der Waals surface area contributed by atoms with Gasteiger partial charge < -0.3 is 20.6 Å². The number of hydrogen-bond acceptors (Lipinski definition) is 8. The van der Waals surface area contributed by atoms with Gasteiger partial charge in [-0.1, -0.05) is 51.9 Å². The van der Waals surface area contributed by atoms with Crippen molar-refractivity contribution in [2.45, 2.75) is 53.6 Å². The van der Waals surface area contributed by atoms with Crippen molar-refractivity contribution in [2.24, 2.45) is 22.6 Å². The maximum atomic E-state index is 15.1. The zero-order valence-corrected chi connectivity index (χ0v) is 26.9. The van der Waals surface area contributed by atoms with Crippen LogP contribution in [-0.4, -0.2) is 68.4 Å². The summed E-state index contributed by atoms with van der Waals surface area (Å²) in [6, 6.07) is 5.01. The van der Waals surface area contributed by atoms with Crippen LogP contribution in [0.1, 0.15) is 41.5 Å². The molecule has 1 amide bonds. The second-order valence-electron chi connectivity index (χ2n) is 11.6. The Hall–Kier alpha value is -4.25. The van der Waals surface area contributed by atoms with E-state index in [0.29, 0.717) is 41.4 Å². The molecule has 4 rings (SSSR count). The maximum absolute atomic E-state index is 15.1. The molecule has 0 radical (unpaired) electrons. The molecule has 1 aromatic carbocycles. The number of aliphatic imine (C=N–C) groups is 1. The Morgan fingerprint density at radius 3 is 2.43 bits per heavy atom. The topological polar surface area (TPSA) is 130 Å². The van der Waals surface area contributed by atoms with E-state index in [4.69, 9.17) is 22.3 Å². The highest BCUT2D eigenvalue weighted by atomic mass is 35.5. The minimum Gasteiger partial charge on any atom is -0.507 e. The molecule has 44 heavy (non-hydrogen) atoms. The smallest absolute Gasteiger partial charge is 0.355 e. The van der Waals surface area contributed by atoms with Crippen LogP contribution >= 0.6 is 11.6 Å². The van der Waals surface area contributed by atoms with E-state index in [1.165, 1.54) is 28.8 Å². The Morgan fingerprint density at radius 1 is 1.18 bits per heavy atom. The van der Waals surface area contributed by atoms with Crippen molar-refractivity contribution in [3.05, 3.63) is 63.9 Å². The molecule has 1 saturated heterocycles. The minimum atomic E-state index is -0.733. The second-order valence-corrected chi connectivity index (χ2v) is 12.1. The number of aromatic hydroxyl groups is 1. The van der Waals surface area contributed by atoms with Crippen molar-refractivity contribution in [2.75, 3.05) is 25.0 Å². The van der Waals surface area contributed by atoms with Gasteiger partial charge in [-0.05, 0) is 50.0 Å². The number of piperazine rings is 1. The third kappa shape index (κ3) is 5.80. The van der Waals surface area contributed by atoms with Gasteiger partial charge in [-0.2, -0.15) is 4.98 Å². The van der Waals surface area contributed by atoms with Crippen LogP contribution in [-0.2, 0) is 4.79 Å². The van der Waals surface area contributed by atoms with E-state index in [1.54, 1.807) is 18.0 Å². The number of allylic oxidation sites excluding steroid dienone is 2. The van der Waals surface area contributed by atoms with Crippen LogP contribution < -0.4 is 16.3 Å². The lowest BCUT2D eigenvalue weighted by molar-refractivity contribution is -0.128. The van der Waals surface area contributed by atoms with Gasteiger partial charge in [-0.3, -0.25) is 9.79 Å². The molecule has 1 fully saturated rings. The minimum absolute atomic E-state index is 0.0444. The summed E-state index contributed by atoms with van der Waals surface area (Å²) in [5.74, 6) is -1.28. The fourth-order valence-corrected chi connectivity index (χ4v) is 5.84. The number of phenolic OH excluding ortho intramolecular Hbond substituents is 1. The molecule has 0 unspecified atom stereocenters. The Kier molecular flexibility index (Phi) is 9.48. The predicted octanol–water partition coefficient (Wildman–Crippen LogP) is 5.08. The van der Waals surface area contributed by atoms with Gasteiger partial charge in [0, 0.05) is 37.9 Å². The van der Waals surface area contributed by atoms with Gasteiger partial charge >= 0.3 is 5.69 Å². The van der Waals surface area contributed by atoms with E-state index in [1.807, 2.05) is 46.4 Å². The van der Waals surface area contributed by atoms with Gasteiger partial charge in [0.15, 0.2) is 5.65 Å². The maximum Gasteiger partial charge on any atom is 0.355 e. The number of aromatic nitrogens is 3. The molecular weight excluding hydrogens is 585 g/mol. The number of nitrogens with zero attached hydrogens (tertiary/aromatic N) is 6. The van der Waals surface area contributed by atoms with Crippen molar-refractivity contribution in [3.8, 4) is 17.0 Å². The zero-order valence-electron chi connectivity index (χ0n) is 26.1. The number of benzene rings is 1. The van der Waals surface area contributed by atoms with Crippen LogP contribution in [0.25, 0.3) is 28.0 Å². The summed E-state index contributed by atoms with van der Waals surface area (Å²) in [6.07, 6.45) is 1.28. The fraction of sp³-hybridized carbons (Fsp3) is 0.406. The number of carbonyl (C=O) groups is 1. The molecule has 10 nitrogen and oxygen atoms in total. The molecule has 0 bridgehead atoms. The first-order chi connectivity index (χ1) is 20.7. The summed E-state index contributed by atoms with van der Waals surface area (Å²) in [7, 11) is 1.62. The van der Waals surface area contributed by atoms with E-state index in [2.05, 4.69) is 16.6 Å². The summed E-state index contributed by atoms with van der Waals surface area (Å²) >= 11 is 6.77. The molecule has 0 aliphatic carbocycles. The van der Waals surface area contributed by atoms with Gasteiger partial charge in [0.2, 0.25) is 5.91 Å². The largest absolute Gasteiger partial charge is 0.507 e. The molecule has 1 aliphatic heterocycles. The molecule has 0 saturated carbocycles. The SMILES string of the molecule is C=CC(=O)N1C[C@H](C)N(c2nc(=O)n(C(C(=NC)C(C)C)=C(N)C(C)C)c3nc(-c4c(O)cccc4F)c(Cl)cc23)C[C@H]1C. The monoisotopic (exact) mass is 623 g/mol. The highest BCUT2D eigenvalue weighted by Gasteiger charge is 2.34. The molecule has 3 aromatic rings. The van der Waals surface area contributed by atoms with Gasteiger partial charge in [0.05, 0.1) is 33.1 Å². The average Bonchev–Trinajstić information content (AvgIpc) is 2.96. The zero-order chi connectivity index (χ0) is 32.6. The first-order valence-electron chi connectivity index (χ1n) is 14.5. The lowest BCUT2D eigenvalue weighted by Gasteiger charge is -2.44. The number of carbonyl (C=O) groups excluding carboxylic acids is 1. The molecule has 2 aromatic heterocycles. The van der Waals surface area contributed by atoms with E-state index in [0.717, 1.165) is 0 Å². The van der Waals surface area contributed by atoms with Gasteiger partial charge in [-0.15, -0.1) is 0 Å². The first-order valence-corrected chi connectivity index (χ1v) is 14.9. The Labute approximate surface area is 261 Å². The highest BCUT2D eigenvalue weighted by molar-refractivity contribution is 6.34. The average molecular weight is 624 g/mol. The molecule has 3 N–H and O–H groups in total. The molecule has 234 valence electrons. The van der Waals surface area contributed by atoms with Crippen molar-refractivity contribution in [1.82, 2.24) is 19.4 Å². The number of fused-ring (bicyclic) bond motifs is 1. The fourth-order valence-electron chi connectivity index (χ4n) is 5.60. The van der Waals surface area contributed by atoms with E-state index >= 15 is 4.39 Å². The number of phenols is 1. The Bertz CT molecular complexity index is 1730. The van der Waals surface area contributed by atoms with Crippen LogP contribution in [0, 0.1) is 17.7 Å². The van der Waals surface area contributed by atoms with Crippen molar-refractivity contribution < 1.29 is 14.3 Å². The molecular formula is C32H39ClFN7O3. The molecule has 0 spiro atoms. The number of hydrogen-bond donors (Lipinski definition) is 2. The van der Waals surface area contributed by atoms with E-state index in [-0.39, 0.29) is 57.5 Å². The standard InChI is InChI=1S/C32H39ClFN7O3/c1-9-24(43)39-14-19(7)40(15-18(39)6)30-20-13-21(33)28(25-22(34)11-10-12-23(25)42)37-31(20)41(32(44)38-30)29(26(35)16(2)3)27(36-8)17(4)5/h9-13,16-19,42H,1,14-15,35H2,2-8H3/t18-,19+/m1/s1. The number of rotatable bonds is 7. The molecule has 12 heteroatoms. The molecule has 3 heterocycles. The summed E-state index contributed by atoms with van der Waals surface area (Å²) in [5.41, 5.74) is 7.15. The van der Waals surface area contributed by atoms with Crippen LogP contribution in [0.5, 0.6) is 5.75 Å².